The predicted molar refractivity (Wildman–Crippen MR) is 86.3 cm³/mol. The van der Waals surface area contributed by atoms with Gasteiger partial charge in [-0.05, 0) is 50.2 Å². The van der Waals surface area contributed by atoms with Crippen molar-refractivity contribution in [3.63, 3.8) is 0 Å². The minimum absolute atomic E-state index is 0.0825. The Bertz CT molecular complexity index is 445. The van der Waals surface area contributed by atoms with Crippen LogP contribution in [0.4, 0.5) is 5.69 Å². The molecule has 1 aromatic rings. The van der Waals surface area contributed by atoms with Crippen molar-refractivity contribution in [3.8, 4) is 0 Å². The zero-order valence-corrected chi connectivity index (χ0v) is 13.4. The summed E-state index contributed by atoms with van der Waals surface area (Å²) in [4.78, 5) is 11.9. The summed E-state index contributed by atoms with van der Waals surface area (Å²) in [6.07, 6.45) is 3.83. The molecule has 0 amide bonds. The molecule has 1 fully saturated rings. The molecule has 116 valence electrons. The van der Waals surface area contributed by atoms with Crippen molar-refractivity contribution < 1.29 is 9.53 Å². The van der Waals surface area contributed by atoms with Gasteiger partial charge in [-0.1, -0.05) is 31.5 Å². The highest BCUT2D eigenvalue weighted by Gasteiger charge is 2.26. The van der Waals surface area contributed by atoms with E-state index in [9.17, 15) is 4.79 Å². The first-order chi connectivity index (χ1) is 10.0. The number of anilines is 1. The normalized spacial score (nSPS) is 25.4. The molecule has 1 aromatic carbocycles. The summed E-state index contributed by atoms with van der Waals surface area (Å²) in [6, 6.07) is 8.19. The van der Waals surface area contributed by atoms with E-state index >= 15 is 0 Å². The van der Waals surface area contributed by atoms with Crippen LogP contribution in [0.5, 0.6) is 0 Å². The van der Waals surface area contributed by atoms with Crippen LogP contribution in [-0.2, 0) is 9.53 Å². The molecule has 1 N–H and O–H groups in total. The maximum atomic E-state index is 11.9. The second-order valence-electron chi connectivity index (χ2n) is 6.57. The van der Waals surface area contributed by atoms with Crippen molar-refractivity contribution in [1.29, 1.82) is 0 Å². The Hall–Kier alpha value is -1.51. The minimum Gasteiger partial charge on any atom is -0.462 e. The molecular weight excluding hydrogens is 262 g/mol. The van der Waals surface area contributed by atoms with E-state index in [0.29, 0.717) is 24.8 Å². The van der Waals surface area contributed by atoms with Crippen molar-refractivity contribution in [2.75, 3.05) is 11.9 Å². The van der Waals surface area contributed by atoms with E-state index in [1.165, 1.54) is 12.0 Å². The van der Waals surface area contributed by atoms with Crippen LogP contribution < -0.4 is 5.32 Å². The van der Waals surface area contributed by atoms with Crippen LogP contribution in [0.1, 0.15) is 45.1 Å². The predicted octanol–water partition coefficient (Wildman–Crippen LogP) is 4.16. The van der Waals surface area contributed by atoms with E-state index < -0.39 is 0 Å². The molecule has 2 atom stereocenters. The average Bonchev–Trinajstić information content (AvgIpc) is 2.39. The fourth-order valence-electron chi connectivity index (χ4n) is 3.19. The molecule has 21 heavy (non-hydrogen) atoms. The number of aryl methyl sites for hydroxylation is 1. The van der Waals surface area contributed by atoms with E-state index in [4.69, 9.17) is 4.74 Å². The van der Waals surface area contributed by atoms with E-state index in [2.05, 4.69) is 38.2 Å². The molecule has 0 heterocycles. The molecule has 0 radical (unpaired) electrons. The highest BCUT2D eigenvalue weighted by atomic mass is 16.5. The van der Waals surface area contributed by atoms with Gasteiger partial charge in [0.2, 0.25) is 0 Å². The first-order valence-electron chi connectivity index (χ1n) is 8.03. The van der Waals surface area contributed by atoms with E-state index in [0.717, 1.165) is 18.5 Å². The number of rotatable bonds is 5. The van der Waals surface area contributed by atoms with E-state index in [-0.39, 0.29) is 12.1 Å². The molecule has 0 bridgehead atoms. The van der Waals surface area contributed by atoms with Gasteiger partial charge in [-0.2, -0.15) is 0 Å². The van der Waals surface area contributed by atoms with Crippen molar-refractivity contribution in [3.05, 3.63) is 29.8 Å². The Morgan fingerprint density at radius 2 is 1.76 bits per heavy atom. The molecule has 3 heteroatoms. The van der Waals surface area contributed by atoms with Gasteiger partial charge in [-0.15, -0.1) is 0 Å². The second kappa shape index (κ2) is 7.48. The topological polar surface area (TPSA) is 38.3 Å². The Labute approximate surface area is 128 Å². The highest BCUT2D eigenvalue weighted by molar-refractivity contribution is 5.70. The molecule has 0 saturated heterocycles. The Morgan fingerprint density at radius 1 is 1.14 bits per heavy atom. The van der Waals surface area contributed by atoms with Crippen molar-refractivity contribution in [1.82, 2.24) is 0 Å². The third-order valence-electron chi connectivity index (χ3n) is 4.14. The van der Waals surface area contributed by atoms with E-state index in [1.807, 2.05) is 12.1 Å². The smallest absolute Gasteiger partial charge is 0.307 e. The fraction of sp³-hybridized carbons (Fsp3) is 0.611. The summed E-state index contributed by atoms with van der Waals surface area (Å²) in [6.45, 7) is 7.18. The number of carbonyl (C=O) groups is 1. The van der Waals surface area contributed by atoms with Gasteiger partial charge in [-0.3, -0.25) is 4.79 Å². The van der Waals surface area contributed by atoms with Gasteiger partial charge < -0.3 is 10.1 Å². The first-order valence-corrected chi connectivity index (χ1v) is 8.03. The quantitative estimate of drug-likeness (QED) is 0.827. The molecule has 1 saturated carbocycles. The van der Waals surface area contributed by atoms with Gasteiger partial charge in [0.1, 0.15) is 6.10 Å². The lowest BCUT2D eigenvalue weighted by molar-refractivity contribution is -0.151. The lowest BCUT2D eigenvalue weighted by Crippen LogP contribution is -2.29. The van der Waals surface area contributed by atoms with Gasteiger partial charge in [0.25, 0.3) is 0 Å². The molecule has 3 nitrogen and oxygen atoms in total. The van der Waals surface area contributed by atoms with Gasteiger partial charge >= 0.3 is 5.97 Å². The Balaban J connectivity index is 1.68. The number of carbonyl (C=O) groups excluding carboxylic acids is 1. The van der Waals surface area contributed by atoms with Crippen LogP contribution in [-0.4, -0.2) is 18.6 Å². The van der Waals surface area contributed by atoms with Crippen molar-refractivity contribution in [2.24, 2.45) is 11.8 Å². The summed E-state index contributed by atoms with van der Waals surface area (Å²) in [7, 11) is 0. The SMILES string of the molecule is Cc1ccc(NCCC(=O)OC2CC(C)CC(C)C2)cc1. The maximum absolute atomic E-state index is 11.9. The molecule has 0 aromatic heterocycles. The monoisotopic (exact) mass is 289 g/mol. The maximum Gasteiger partial charge on any atom is 0.307 e. The van der Waals surface area contributed by atoms with Crippen LogP contribution in [0.3, 0.4) is 0 Å². The van der Waals surface area contributed by atoms with Gasteiger partial charge in [0.05, 0.1) is 6.42 Å². The standard InChI is InChI=1S/C18H27NO2/c1-13-4-6-16(7-5-13)19-9-8-18(20)21-17-11-14(2)10-15(3)12-17/h4-7,14-15,17,19H,8-12H2,1-3H3. The van der Waals surface area contributed by atoms with Crippen LogP contribution in [0.2, 0.25) is 0 Å². The molecule has 2 unspecified atom stereocenters. The zero-order chi connectivity index (χ0) is 15.2. The Morgan fingerprint density at radius 3 is 2.38 bits per heavy atom. The van der Waals surface area contributed by atoms with Crippen LogP contribution in [0.15, 0.2) is 24.3 Å². The summed E-state index contributed by atoms with van der Waals surface area (Å²) in [5.74, 6) is 1.25. The third-order valence-corrected chi connectivity index (χ3v) is 4.14. The lowest BCUT2D eigenvalue weighted by Gasteiger charge is -2.31. The Kier molecular flexibility index (Phi) is 5.66. The first kappa shape index (κ1) is 15.9. The van der Waals surface area contributed by atoms with Crippen LogP contribution >= 0.6 is 0 Å². The average molecular weight is 289 g/mol. The van der Waals surface area contributed by atoms with E-state index in [1.54, 1.807) is 0 Å². The minimum atomic E-state index is -0.0825. The molecule has 0 spiro atoms. The molecule has 2 rings (SSSR count). The summed E-state index contributed by atoms with van der Waals surface area (Å²) >= 11 is 0. The number of hydrogen-bond donors (Lipinski definition) is 1. The summed E-state index contributed by atoms with van der Waals surface area (Å²) in [5, 5.41) is 3.26. The number of nitrogens with one attached hydrogen (secondary N) is 1. The fourth-order valence-corrected chi connectivity index (χ4v) is 3.19. The van der Waals surface area contributed by atoms with Crippen molar-refractivity contribution >= 4 is 11.7 Å². The van der Waals surface area contributed by atoms with Crippen LogP contribution in [0.25, 0.3) is 0 Å². The van der Waals surface area contributed by atoms with Gasteiger partial charge in [0, 0.05) is 12.2 Å². The highest BCUT2D eigenvalue weighted by Crippen LogP contribution is 2.30. The molecular formula is C18H27NO2. The number of esters is 1. The third kappa shape index (κ3) is 5.41. The number of ether oxygens (including phenoxy) is 1. The summed E-state index contributed by atoms with van der Waals surface area (Å²) < 4.78 is 5.61. The molecule has 0 aliphatic heterocycles. The zero-order valence-electron chi connectivity index (χ0n) is 13.4. The number of benzene rings is 1. The van der Waals surface area contributed by atoms with Gasteiger partial charge in [0.15, 0.2) is 0 Å². The second-order valence-corrected chi connectivity index (χ2v) is 6.57. The molecule has 1 aliphatic carbocycles. The summed E-state index contributed by atoms with van der Waals surface area (Å²) in [5.41, 5.74) is 2.29. The van der Waals surface area contributed by atoms with Crippen LogP contribution in [0, 0.1) is 18.8 Å². The van der Waals surface area contributed by atoms with Gasteiger partial charge in [-0.25, -0.2) is 0 Å². The number of hydrogen-bond acceptors (Lipinski definition) is 3. The lowest BCUT2D eigenvalue weighted by atomic mass is 9.82. The molecule has 1 aliphatic rings. The van der Waals surface area contributed by atoms with Crippen molar-refractivity contribution in [2.45, 2.75) is 52.6 Å². The largest absolute Gasteiger partial charge is 0.462 e.